The topological polar surface area (TPSA) is 66.4 Å². The summed E-state index contributed by atoms with van der Waals surface area (Å²) in [5.41, 5.74) is 0.523. The standard InChI is InChI=1S/C17H17NO3/c19-16(18-15(17(20)21)10-11-8-9-11)14-7-3-5-12-4-1-2-6-13(12)14/h1-7,11,15H,8-10H2,(H,18,19)(H,20,21)/t15-/m1/s1. The lowest BCUT2D eigenvalue weighted by Crippen LogP contribution is -2.41. The summed E-state index contributed by atoms with van der Waals surface area (Å²) in [7, 11) is 0. The SMILES string of the molecule is O=C(N[C@H](CC1CC1)C(=O)O)c1cccc2ccccc12. The minimum atomic E-state index is -0.963. The van der Waals surface area contributed by atoms with Crippen molar-refractivity contribution in [3.8, 4) is 0 Å². The number of carboxylic acids is 1. The molecule has 2 aromatic rings. The highest BCUT2D eigenvalue weighted by Crippen LogP contribution is 2.33. The van der Waals surface area contributed by atoms with Crippen LogP contribution in [0.2, 0.25) is 0 Å². The van der Waals surface area contributed by atoms with Gasteiger partial charge in [-0.15, -0.1) is 0 Å². The first-order chi connectivity index (χ1) is 10.1. The normalized spacial score (nSPS) is 15.6. The first-order valence-electron chi connectivity index (χ1n) is 7.16. The number of carbonyl (C=O) groups is 2. The lowest BCUT2D eigenvalue weighted by atomic mass is 10.0. The average Bonchev–Trinajstić information content (AvgIpc) is 3.29. The van der Waals surface area contributed by atoms with Crippen LogP contribution in [-0.4, -0.2) is 23.0 Å². The molecule has 0 bridgehead atoms. The van der Waals surface area contributed by atoms with E-state index in [1.807, 2.05) is 36.4 Å². The van der Waals surface area contributed by atoms with E-state index >= 15 is 0 Å². The van der Waals surface area contributed by atoms with E-state index in [0.29, 0.717) is 17.9 Å². The highest BCUT2D eigenvalue weighted by molar-refractivity contribution is 6.07. The molecule has 1 saturated carbocycles. The van der Waals surface area contributed by atoms with Crippen molar-refractivity contribution in [3.63, 3.8) is 0 Å². The van der Waals surface area contributed by atoms with Gasteiger partial charge >= 0.3 is 5.97 Å². The molecule has 0 unspecified atom stereocenters. The zero-order chi connectivity index (χ0) is 14.8. The predicted molar refractivity (Wildman–Crippen MR) is 80.2 cm³/mol. The first kappa shape index (κ1) is 13.6. The van der Waals surface area contributed by atoms with Gasteiger partial charge in [0.05, 0.1) is 0 Å². The molecular weight excluding hydrogens is 266 g/mol. The molecule has 3 rings (SSSR count). The highest BCUT2D eigenvalue weighted by atomic mass is 16.4. The number of carboxylic acid groups (broad SMARTS) is 1. The molecule has 2 aromatic carbocycles. The fourth-order valence-electron chi connectivity index (χ4n) is 2.57. The molecule has 1 atom stereocenters. The van der Waals surface area contributed by atoms with Gasteiger partial charge in [-0.3, -0.25) is 4.79 Å². The molecule has 0 saturated heterocycles. The van der Waals surface area contributed by atoms with Crippen LogP contribution in [0, 0.1) is 5.92 Å². The molecule has 2 N–H and O–H groups in total. The molecule has 4 heteroatoms. The fraction of sp³-hybridized carbons (Fsp3) is 0.294. The number of fused-ring (bicyclic) bond motifs is 1. The van der Waals surface area contributed by atoms with E-state index in [9.17, 15) is 14.7 Å². The lowest BCUT2D eigenvalue weighted by Gasteiger charge is -2.15. The quantitative estimate of drug-likeness (QED) is 0.886. The van der Waals surface area contributed by atoms with Gasteiger partial charge in [0.1, 0.15) is 6.04 Å². The molecule has 1 aliphatic rings. The van der Waals surface area contributed by atoms with Crippen LogP contribution >= 0.6 is 0 Å². The van der Waals surface area contributed by atoms with Crippen LogP contribution in [0.4, 0.5) is 0 Å². The van der Waals surface area contributed by atoms with Gasteiger partial charge in [-0.05, 0) is 29.2 Å². The van der Waals surface area contributed by atoms with Crippen molar-refractivity contribution in [2.24, 2.45) is 5.92 Å². The number of aliphatic carboxylic acids is 1. The Bertz CT molecular complexity index is 686. The second-order valence-corrected chi connectivity index (χ2v) is 5.57. The summed E-state index contributed by atoms with van der Waals surface area (Å²) in [5, 5.41) is 13.7. The van der Waals surface area contributed by atoms with Crippen LogP contribution in [0.25, 0.3) is 10.8 Å². The summed E-state index contributed by atoms with van der Waals surface area (Å²) >= 11 is 0. The average molecular weight is 283 g/mol. The second kappa shape index (κ2) is 5.56. The van der Waals surface area contributed by atoms with Crippen molar-refractivity contribution in [1.29, 1.82) is 0 Å². The molecule has 0 aromatic heterocycles. The van der Waals surface area contributed by atoms with Gasteiger partial charge in [-0.25, -0.2) is 4.79 Å². The van der Waals surface area contributed by atoms with Crippen molar-refractivity contribution in [3.05, 3.63) is 48.0 Å². The minimum absolute atomic E-state index is 0.320. The van der Waals surface area contributed by atoms with Gasteiger partial charge in [0.2, 0.25) is 0 Å². The molecule has 1 fully saturated rings. The number of carbonyl (C=O) groups excluding carboxylic acids is 1. The largest absolute Gasteiger partial charge is 0.480 e. The molecule has 4 nitrogen and oxygen atoms in total. The van der Waals surface area contributed by atoms with Crippen LogP contribution in [0.3, 0.4) is 0 Å². The summed E-state index contributed by atoms with van der Waals surface area (Å²) in [6.07, 6.45) is 2.65. The Balaban J connectivity index is 1.84. The van der Waals surface area contributed by atoms with E-state index < -0.39 is 12.0 Å². The monoisotopic (exact) mass is 283 g/mol. The third-order valence-corrected chi connectivity index (χ3v) is 3.90. The number of benzene rings is 2. The third-order valence-electron chi connectivity index (χ3n) is 3.90. The minimum Gasteiger partial charge on any atom is -0.480 e. The van der Waals surface area contributed by atoms with Crippen LogP contribution in [-0.2, 0) is 4.79 Å². The Labute approximate surface area is 122 Å². The number of rotatable bonds is 5. The fourth-order valence-corrected chi connectivity index (χ4v) is 2.57. The Morgan fingerprint density at radius 3 is 2.57 bits per heavy atom. The van der Waals surface area contributed by atoms with Crippen LogP contribution in [0.1, 0.15) is 29.6 Å². The van der Waals surface area contributed by atoms with E-state index in [1.54, 1.807) is 6.07 Å². The molecular formula is C17H17NO3. The third kappa shape index (κ3) is 3.05. The molecule has 0 spiro atoms. The van der Waals surface area contributed by atoms with Crippen LogP contribution < -0.4 is 5.32 Å². The predicted octanol–water partition coefficient (Wildman–Crippen LogP) is 2.82. The van der Waals surface area contributed by atoms with Crippen molar-refractivity contribution in [1.82, 2.24) is 5.32 Å². The van der Waals surface area contributed by atoms with Crippen molar-refractivity contribution >= 4 is 22.6 Å². The Morgan fingerprint density at radius 2 is 1.86 bits per heavy atom. The number of hydrogen-bond acceptors (Lipinski definition) is 2. The van der Waals surface area contributed by atoms with E-state index in [1.165, 1.54) is 0 Å². The van der Waals surface area contributed by atoms with Crippen molar-refractivity contribution < 1.29 is 14.7 Å². The maximum Gasteiger partial charge on any atom is 0.326 e. The maximum atomic E-state index is 12.4. The molecule has 1 aliphatic carbocycles. The Morgan fingerprint density at radius 1 is 1.14 bits per heavy atom. The highest BCUT2D eigenvalue weighted by Gasteiger charge is 2.30. The summed E-state index contributed by atoms with van der Waals surface area (Å²) in [6.45, 7) is 0. The zero-order valence-corrected chi connectivity index (χ0v) is 11.6. The molecule has 21 heavy (non-hydrogen) atoms. The van der Waals surface area contributed by atoms with Gasteiger partial charge in [-0.1, -0.05) is 49.2 Å². The van der Waals surface area contributed by atoms with Crippen molar-refractivity contribution in [2.75, 3.05) is 0 Å². The summed E-state index contributed by atoms with van der Waals surface area (Å²) < 4.78 is 0. The molecule has 0 heterocycles. The van der Waals surface area contributed by atoms with Gasteiger partial charge in [0.25, 0.3) is 5.91 Å². The van der Waals surface area contributed by atoms with E-state index in [4.69, 9.17) is 0 Å². The second-order valence-electron chi connectivity index (χ2n) is 5.57. The van der Waals surface area contributed by atoms with E-state index in [2.05, 4.69) is 5.32 Å². The van der Waals surface area contributed by atoms with Crippen molar-refractivity contribution in [2.45, 2.75) is 25.3 Å². The van der Waals surface area contributed by atoms with Gasteiger partial charge in [0.15, 0.2) is 0 Å². The maximum absolute atomic E-state index is 12.4. The molecule has 108 valence electrons. The van der Waals surface area contributed by atoms with E-state index in [-0.39, 0.29) is 5.91 Å². The van der Waals surface area contributed by atoms with Gasteiger partial charge in [-0.2, -0.15) is 0 Å². The number of nitrogens with one attached hydrogen (secondary N) is 1. The number of amides is 1. The number of hydrogen-bond donors (Lipinski definition) is 2. The van der Waals surface area contributed by atoms with Crippen LogP contribution in [0.15, 0.2) is 42.5 Å². The van der Waals surface area contributed by atoms with Gasteiger partial charge in [0, 0.05) is 5.56 Å². The molecule has 0 radical (unpaired) electrons. The molecule has 1 amide bonds. The Kier molecular flexibility index (Phi) is 3.60. The lowest BCUT2D eigenvalue weighted by molar-refractivity contribution is -0.139. The first-order valence-corrected chi connectivity index (χ1v) is 7.16. The van der Waals surface area contributed by atoms with Gasteiger partial charge < -0.3 is 10.4 Å². The van der Waals surface area contributed by atoms with Crippen LogP contribution in [0.5, 0.6) is 0 Å². The summed E-state index contributed by atoms with van der Waals surface area (Å²) in [6, 6.07) is 12.3. The molecule has 0 aliphatic heterocycles. The summed E-state index contributed by atoms with van der Waals surface area (Å²) in [4.78, 5) is 23.7. The summed E-state index contributed by atoms with van der Waals surface area (Å²) in [5.74, 6) is -0.839. The Hall–Kier alpha value is -2.36. The van der Waals surface area contributed by atoms with E-state index in [0.717, 1.165) is 23.6 Å². The smallest absolute Gasteiger partial charge is 0.326 e. The zero-order valence-electron chi connectivity index (χ0n) is 11.6.